The zero-order valence-electron chi connectivity index (χ0n) is 20.4. The van der Waals surface area contributed by atoms with Gasteiger partial charge in [0.1, 0.15) is 0 Å². The largest absolute Gasteiger partial charge is 0.289 e. The van der Waals surface area contributed by atoms with E-state index < -0.39 is 0 Å². The van der Waals surface area contributed by atoms with Gasteiger partial charge in [-0.3, -0.25) is 9.80 Å². The molecule has 0 saturated carbocycles. The van der Waals surface area contributed by atoms with E-state index in [2.05, 4.69) is 103 Å². The predicted molar refractivity (Wildman–Crippen MR) is 125 cm³/mol. The van der Waals surface area contributed by atoms with Crippen molar-refractivity contribution in [1.29, 1.82) is 0 Å². The summed E-state index contributed by atoms with van der Waals surface area (Å²) >= 11 is 0. The molecule has 2 heteroatoms. The van der Waals surface area contributed by atoms with Gasteiger partial charge in [-0.1, -0.05) is 35.5 Å². The molecule has 2 heterocycles. The predicted octanol–water partition coefficient (Wildman–Crippen LogP) is 6.74. The van der Waals surface area contributed by atoms with E-state index >= 15 is 0 Å². The Balaban J connectivity index is 2.38. The van der Waals surface area contributed by atoms with Crippen LogP contribution < -0.4 is 0 Å². The van der Waals surface area contributed by atoms with E-state index in [9.17, 15) is 0 Å². The minimum absolute atomic E-state index is 0.194. The summed E-state index contributed by atoms with van der Waals surface area (Å²) < 4.78 is 0. The van der Waals surface area contributed by atoms with Gasteiger partial charge in [-0.05, 0) is 94.9 Å². The lowest BCUT2D eigenvalue weighted by Gasteiger charge is -2.57. The Bertz CT molecular complexity index is 547. The second kappa shape index (κ2) is 8.11. The molecule has 0 unspecified atom stereocenters. The minimum atomic E-state index is 0.194. The fourth-order valence-corrected chi connectivity index (χ4v) is 6.14. The van der Waals surface area contributed by atoms with Crippen molar-refractivity contribution in [2.24, 2.45) is 0 Å². The van der Waals surface area contributed by atoms with Crippen LogP contribution in [0, 0.1) is 0 Å². The lowest BCUT2D eigenvalue weighted by atomic mass is 9.69. The molecule has 0 aromatic rings. The third-order valence-electron chi connectivity index (χ3n) is 7.05. The molecule has 0 radical (unpaired) electrons. The molecule has 2 aliphatic rings. The molecule has 0 spiro atoms. The fourth-order valence-electron chi connectivity index (χ4n) is 6.14. The number of hydrogen-bond acceptors (Lipinski definition) is 2. The van der Waals surface area contributed by atoms with Gasteiger partial charge >= 0.3 is 0 Å². The van der Waals surface area contributed by atoms with E-state index in [0.717, 1.165) is 13.1 Å². The molecule has 0 aliphatic carbocycles. The molecule has 2 fully saturated rings. The van der Waals surface area contributed by atoms with Crippen molar-refractivity contribution >= 4 is 0 Å². The van der Waals surface area contributed by atoms with Crippen LogP contribution in [0.1, 0.15) is 94.9 Å². The summed E-state index contributed by atoms with van der Waals surface area (Å²) in [5, 5.41) is 0. The second-order valence-corrected chi connectivity index (χ2v) is 11.5. The standard InChI is InChI=1S/C26H46N2/c1-11-13-15-27-23(3,4)17-21(18-24(27,5)6)22-19-25(7,8)28(16-14-12-2)26(9,10)20-22/h11-14H,15-20H2,1-10H3. The summed E-state index contributed by atoms with van der Waals surface area (Å²) in [7, 11) is 0. The first-order valence-electron chi connectivity index (χ1n) is 11.2. The lowest BCUT2D eigenvalue weighted by molar-refractivity contribution is -0.00687. The Labute approximate surface area is 175 Å². The summed E-state index contributed by atoms with van der Waals surface area (Å²) in [5.74, 6) is 0. The van der Waals surface area contributed by atoms with Crippen LogP contribution in [0.2, 0.25) is 0 Å². The molecule has 160 valence electrons. The van der Waals surface area contributed by atoms with Gasteiger partial charge in [-0.2, -0.15) is 0 Å². The maximum absolute atomic E-state index is 2.71. The first-order valence-corrected chi connectivity index (χ1v) is 11.2. The van der Waals surface area contributed by atoms with E-state index in [4.69, 9.17) is 0 Å². The molecular formula is C26H46N2. The highest BCUT2D eigenvalue weighted by atomic mass is 15.3. The molecule has 0 aromatic heterocycles. The van der Waals surface area contributed by atoms with Gasteiger partial charge < -0.3 is 0 Å². The van der Waals surface area contributed by atoms with Crippen LogP contribution >= 0.6 is 0 Å². The molecule has 2 saturated heterocycles. The summed E-state index contributed by atoms with van der Waals surface area (Å²) in [6.07, 6.45) is 13.8. The van der Waals surface area contributed by atoms with Crippen molar-refractivity contribution in [3.05, 3.63) is 35.5 Å². The van der Waals surface area contributed by atoms with Gasteiger partial charge in [0.15, 0.2) is 0 Å². The van der Waals surface area contributed by atoms with E-state index in [1.54, 1.807) is 11.1 Å². The molecule has 2 aliphatic heterocycles. The van der Waals surface area contributed by atoms with Crippen molar-refractivity contribution < 1.29 is 0 Å². The number of piperidine rings is 2. The summed E-state index contributed by atoms with van der Waals surface area (Å²) in [4.78, 5) is 5.42. The molecule has 0 amide bonds. The third-order valence-corrected chi connectivity index (χ3v) is 7.05. The summed E-state index contributed by atoms with van der Waals surface area (Å²) in [5.41, 5.74) is 4.25. The Morgan fingerprint density at radius 2 is 0.821 bits per heavy atom. The molecular weight excluding hydrogens is 340 g/mol. The molecule has 0 aromatic carbocycles. The number of likely N-dealkylation sites (tertiary alicyclic amines) is 2. The van der Waals surface area contributed by atoms with E-state index in [-0.39, 0.29) is 22.2 Å². The van der Waals surface area contributed by atoms with Crippen LogP contribution in [0.4, 0.5) is 0 Å². The first kappa shape index (κ1) is 23.4. The van der Waals surface area contributed by atoms with Crippen LogP contribution in [-0.4, -0.2) is 45.0 Å². The molecule has 2 rings (SSSR count). The van der Waals surface area contributed by atoms with Crippen molar-refractivity contribution in [2.45, 2.75) is 117 Å². The van der Waals surface area contributed by atoms with Crippen LogP contribution in [0.15, 0.2) is 35.5 Å². The summed E-state index contributed by atoms with van der Waals surface area (Å²) in [6, 6.07) is 0. The monoisotopic (exact) mass is 386 g/mol. The van der Waals surface area contributed by atoms with Crippen LogP contribution in [0.25, 0.3) is 0 Å². The van der Waals surface area contributed by atoms with Crippen molar-refractivity contribution in [1.82, 2.24) is 9.80 Å². The quantitative estimate of drug-likeness (QED) is 0.494. The average Bonchev–Trinajstić information content (AvgIpc) is 2.50. The van der Waals surface area contributed by atoms with E-state index in [1.807, 2.05) is 0 Å². The molecule has 2 nitrogen and oxygen atoms in total. The van der Waals surface area contributed by atoms with Crippen LogP contribution in [-0.2, 0) is 0 Å². The number of rotatable bonds is 4. The minimum Gasteiger partial charge on any atom is -0.289 e. The van der Waals surface area contributed by atoms with Crippen LogP contribution in [0.3, 0.4) is 0 Å². The smallest absolute Gasteiger partial charge is 0.0199 e. The normalized spacial score (nSPS) is 27.8. The highest BCUT2D eigenvalue weighted by Crippen LogP contribution is 2.48. The second-order valence-electron chi connectivity index (χ2n) is 11.5. The third kappa shape index (κ3) is 4.82. The zero-order valence-corrected chi connectivity index (χ0v) is 20.4. The van der Waals surface area contributed by atoms with Crippen molar-refractivity contribution in [3.63, 3.8) is 0 Å². The molecule has 28 heavy (non-hydrogen) atoms. The Kier molecular flexibility index (Phi) is 6.78. The van der Waals surface area contributed by atoms with E-state index in [0.29, 0.717) is 0 Å². The van der Waals surface area contributed by atoms with Crippen LogP contribution in [0.5, 0.6) is 0 Å². The van der Waals surface area contributed by atoms with Gasteiger partial charge in [-0.15, -0.1) is 0 Å². The number of nitrogens with zero attached hydrogens (tertiary/aromatic N) is 2. The zero-order chi connectivity index (χ0) is 21.4. The Morgan fingerprint density at radius 3 is 1.04 bits per heavy atom. The maximum Gasteiger partial charge on any atom is 0.0199 e. The number of hydrogen-bond donors (Lipinski definition) is 0. The SMILES string of the molecule is CC=CCN1C(C)(C)CC(=C2CC(C)(C)N(CC=CC)C(C)(C)C2)CC1(C)C. The van der Waals surface area contributed by atoms with Gasteiger partial charge in [-0.25, -0.2) is 0 Å². The van der Waals surface area contributed by atoms with E-state index in [1.165, 1.54) is 25.7 Å². The highest BCUT2D eigenvalue weighted by Gasteiger charge is 2.47. The summed E-state index contributed by atoms with van der Waals surface area (Å²) in [6.45, 7) is 25.9. The first-order chi connectivity index (χ1) is 12.8. The van der Waals surface area contributed by atoms with Gasteiger partial charge in [0.2, 0.25) is 0 Å². The van der Waals surface area contributed by atoms with Gasteiger partial charge in [0, 0.05) is 35.2 Å². The molecule has 0 bridgehead atoms. The molecule has 0 atom stereocenters. The van der Waals surface area contributed by atoms with Crippen molar-refractivity contribution in [2.75, 3.05) is 13.1 Å². The number of allylic oxidation sites excluding steroid dienone is 2. The molecule has 0 N–H and O–H groups in total. The fraction of sp³-hybridized carbons (Fsp3) is 0.769. The van der Waals surface area contributed by atoms with Gasteiger partial charge in [0.25, 0.3) is 0 Å². The lowest BCUT2D eigenvalue weighted by Crippen LogP contribution is -2.61. The maximum atomic E-state index is 2.71. The average molecular weight is 387 g/mol. The highest BCUT2D eigenvalue weighted by molar-refractivity contribution is 5.29. The Morgan fingerprint density at radius 1 is 0.571 bits per heavy atom. The topological polar surface area (TPSA) is 6.48 Å². The Hall–Kier alpha value is -0.860. The van der Waals surface area contributed by atoms with Gasteiger partial charge in [0.05, 0.1) is 0 Å². The van der Waals surface area contributed by atoms with Crippen molar-refractivity contribution in [3.8, 4) is 0 Å².